The standard InChI is InChI=1S/C19H24N2O5S/c1-6-25-15(22)11-21-13-9-8-12(16(23)26-7-2)10-14(13)27-18(21)20-17(24)19(3,4)5/h8-10H,6-7,11H2,1-5H3. The van der Waals surface area contributed by atoms with Gasteiger partial charge in [0.05, 0.1) is 29.0 Å². The second-order valence-electron chi connectivity index (χ2n) is 6.85. The summed E-state index contributed by atoms with van der Waals surface area (Å²) in [5.74, 6) is -1.14. The molecule has 27 heavy (non-hydrogen) atoms. The van der Waals surface area contributed by atoms with Gasteiger partial charge in [0.15, 0.2) is 4.80 Å². The first-order chi connectivity index (χ1) is 12.7. The van der Waals surface area contributed by atoms with Crippen LogP contribution in [0.3, 0.4) is 0 Å². The molecular formula is C19H24N2O5S. The minimum Gasteiger partial charge on any atom is -0.465 e. The van der Waals surface area contributed by atoms with Crippen molar-refractivity contribution in [1.29, 1.82) is 0 Å². The first-order valence-corrected chi connectivity index (χ1v) is 9.54. The maximum absolute atomic E-state index is 12.4. The normalized spacial score (nSPS) is 12.3. The third-order valence-corrected chi connectivity index (χ3v) is 4.67. The van der Waals surface area contributed by atoms with Crippen molar-refractivity contribution in [2.75, 3.05) is 13.2 Å². The van der Waals surface area contributed by atoms with E-state index in [4.69, 9.17) is 9.47 Å². The molecule has 7 nitrogen and oxygen atoms in total. The maximum atomic E-state index is 12.4. The molecule has 0 saturated carbocycles. The average Bonchev–Trinajstić information content (AvgIpc) is 2.91. The predicted octanol–water partition coefficient (Wildman–Crippen LogP) is 2.92. The molecule has 146 valence electrons. The Morgan fingerprint density at radius 1 is 1.11 bits per heavy atom. The Balaban J connectivity index is 2.60. The largest absolute Gasteiger partial charge is 0.465 e. The topological polar surface area (TPSA) is 87.0 Å². The first kappa shape index (κ1) is 20.8. The van der Waals surface area contributed by atoms with Gasteiger partial charge in [-0.3, -0.25) is 9.59 Å². The highest BCUT2D eigenvalue weighted by atomic mass is 32.1. The molecule has 0 saturated heterocycles. The third-order valence-electron chi connectivity index (χ3n) is 3.63. The second kappa shape index (κ2) is 8.47. The van der Waals surface area contributed by atoms with Gasteiger partial charge in [-0.2, -0.15) is 4.99 Å². The Morgan fingerprint density at radius 3 is 2.37 bits per heavy atom. The first-order valence-electron chi connectivity index (χ1n) is 8.72. The van der Waals surface area contributed by atoms with E-state index in [1.807, 2.05) is 0 Å². The van der Waals surface area contributed by atoms with Crippen molar-refractivity contribution in [3.63, 3.8) is 0 Å². The van der Waals surface area contributed by atoms with Crippen LogP contribution >= 0.6 is 11.3 Å². The van der Waals surface area contributed by atoms with Crippen LogP contribution in [-0.2, 0) is 25.6 Å². The molecule has 0 spiro atoms. The van der Waals surface area contributed by atoms with Crippen LogP contribution in [0.25, 0.3) is 10.2 Å². The van der Waals surface area contributed by atoms with Crippen LogP contribution in [-0.4, -0.2) is 35.6 Å². The highest BCUT2D eigenvalue weighted by Crippen LogP contribution is 2.21. The molecular weight excluding hydrogens is 368 g/mol. The van der Waals surface area contributed by atoms with Gasteiger partial charge in [0.1, 0.15) is 6.54 Å². The number of rotatable bonds is 5. The molecule has 0 bridgehead atoms. The predicted molar refractivity (Wildman–Crippen MR) is 102 cm³/mol. The Kier molecular flexibility index (Phi) is 6.54. The Bertz CT molecular complexity index is 934. The molecule has 0 unspecified atom stereocenters. The van der Waals surface area contributed by atoms with Gasteiger partial charge in [0, 0.05) is 5.41 Å². The van der Waals surface area contributed by atoms with Gasteiger partial charge < -0.3 is 14.0 Å². The van der Waals surface area contributed by atoms with Gasteiger partial charge in [0.2, 0.25) is 0 Å². The van der Waals surface area contributed by atoms with Gasteiger partial charge in [-0.15, -0.1) is 0 Å². The number of nitrogens with zero attached hydrogens (tertiary/aromatic N) is 2. The number of hydrogen-bond donors (Lipinski definition) is 0. The van der Waals surface area contributed by atoms with E-state index in [-0.39, 0.29) is 25.7 Å². The van der Waals surface area contributed by atoms with Crippen LogP contribution in [0.5, 0.6) is 0 Å². The SMILES string of the molecule is CCOC(=O)Cn1c(=NC(=O)C(C)(C)C)sc2cc(C(=O)OCC)ccc21. The number of amides is 1. The maximum Gasteiger partial charge on any atom is 0.338 e. The summed E-state index contributed by atoms with van der Waals surface area (Å²) in [7, 11) is 0. The summed E-state index contributed by atoms with van der Waals surface area (Å²) in [6.45, 7) is 9.29. The molecule has 1 amide bonds. The molecule has 0 aliphatic rings. The van der Waals surface area contributed by atoms with Gasteiger partial charge in [-0.05, 0) is 32.0 Å². The number of hydrogen-bond acceptors (Lipinski definition) is 6. The molecule has 1 aromatic heterocycles. The van der Waals surface area contributed by atoms with E-state index >= 15 is 0 Å². The zero-order valence-electron chi connectivity index (χ0n) is 16.2. The lowest BCUT2D eigenvalue weighted by molar-refractivity contribution is -0.143. The van der Waals surface area contributed by atoms with Crippen molar-refractivity contribution >= 4 is 39.4 Å². The lowest BCUT2D eigenvalue weighted by Gasteiger charge is -2.12. The van der Waals surface area contributed by atoms with Crippen LogP contribution in [0.2, 0.25) is 0 Å². The monoisotopic (exact) mass is 392 g/mol. The number of carbonyl (C=O) groups is 3. The Labute approximate surface area is 161 Å². The second-order valence-corrected chi connectivity index (χ2v) is 7.85. The van der Waals surface area contributed by atoms with Crippen molar-refractivity contribution in [2.24, 2.45) is 10.4 Å². The summed E-state index contributed by atoms with van der Waals surface area (Å²) in [6.07, 6.45) is 0. The highest BCUT2D eigenvalue weighted by molar-refractivity contribution is 7.16. The Morgan fingerprint density at radius 2 is 1.78 bits per heavy atom. The molecule has 0 radical (unpaired) electrons. The highest BCUT2D eigenvalue weighted by Gasteiger charge is 2.22. The van der Waals surface area contributed by atoms with E-state index in [1.165, 1.54) is 11.3 Å². The minimum absolute atomic E-state index is 0.0666. The van der Waals surface area contributed by atoms with Crippen LogP contribution < -0.4 is 4.80 Å². The number of benzene rings is 1. The zero-order chi connectivity index (χ0) is 20.2. The molecule has 1 aromatic carbocycles. The van der Waals surface area contributed by atoms with E-state index < -0.39 is 17.4 Å². The van der Waals surface area contributed by atoms with Crippen molar-refractivity contribution in [1.82, 2.24) is 4.57 Å². The van der Waals surface area contributed by atoms with Crippen LogP contribution in [0.4, 0.5) is 0 Å². The fourth-order valence-electron chi connectivity index (χ4n) is 2.24. The minimum atomic E-state index is -0.645. The molecule has 2 rings (SSSR count). The molecule has 0 aliphatic carbocycles. The van der Waals surface area contributed by atoms with Crippen molar-refractivity contribution in [3.8, 4) is 0 Å². The smallest absolute Gasteiger partial charge is 0.338 e. The van der Waals surface area contributed by atoms with E-state index in [0.717, 1.165) is 4.70 Å². The zero-order valence-corrected chi connectivity index (χ0v) is 17.0. The molecule has 8 heteroatoms. The summed E-state index contributed by atoms with van der Waals surface area (Å²) >= 11 is 1.24. The van der Waals surface area contributed by atoms with Crippen LogP contribution in [0.15, 0.2) is 23.2 Å². The Hall–Kier alpha value is -2.48. The molecule has 0 atom stereocenters. The van der Waals surface area contributed by atoms with Gasteiger partial charge >= 0.3 is 11.9 Å². The molecule has 0 N–H and O–H groups in total. The third kappa shape index (κ3) is 5.03. The fourth-order valence-corrected chi connectivity index (χ4v) is 3.31. The summed E-state index contributed by atoms with van der Waals surface area (Å²) in [5, 5.41) is 0. The average molecular weight is 392 g/mol. The summed E-state index contributed by atoms with van der Waals surface area (Å²) < 4.78 is 12.4. The van der Waals surface area contributed by atoms with E-state index in [0.29, 0.717) is 15.9 Å². The summed E-state index contributed by atoms with van der Waals surface area (Å²) in [5.41, 5.74) is 0.456. The summed E-state index contributed by atoms with van der Waals surface area (Å²) in [4.78, 5) is 41.0. The molecule has 0 aliphatic heterocycles. The number of carbonyl (C=O) groups excluding carboxylic acids is 3. The lowest BCUT2D eigenvalue weighted by Crippen LogP contribution is -2.26. The summed E-state index contributed by atoms with van der Waals surface area (Å²) in [6, 6.07) is 5.03. The number of aromatic nitrogens is 1. The number of fused-ring (bicyclic) bond motifs is 1. The van der Waals surface area contributed by atoms with Crippen LogP contribution in [0.1, 0.15) is 45.0 Å². The van der Waals surface area contributed by atoms with Gasteiger partial charge in [0.25, 0.3) is 5.91 Å². The van der Waals surface area contributed by atoms with Crippen LogP contribution in [0, 0.1) is 5.41 Å². The number of esters is 2. The van der Waals surface area contributed by atoms with Crippen molar-refractivity contribution in [3.05, 3.63) is 28.6 Å². The molecule has 1 heterocycles. The van der Waals surface area contributed by atoms with Crippen molar-refractivity contribution < 1.29 is 23.9 Å². The van der Waals surface area contributed by atoms with E-state index in [2.05, 4.69) is 4.99 Å². The number of ether oxygens (including phenoxy) is 2. The lowest BCUT2D eigenvalue weighted by atomic mass is 9.96. The van der Waals surface area contributed by atoms with Gasteiger partial charge in [-0.1, -0.05) is 32.1 Å². The molecule has 2 aromatic rings. The molecule has 0 fully saturated rings. The quantitative estimate of drug-likeness (QED) is 0.730. The van der Waals surface area contributed by atoms with E-state index in [1.54, 1.807) is 57.4 Å². The number of thiazole rings is 1. The van der Waals surface area contributed by atoms with Gasteiger partial charge in [-0.25, -0.2) is 4.79 Å². The van der Waals surface area contributed by atoms with Crippen molar-refractivity contribution in [2.45, 2.75) is 41.2 Å². The fraction of sp³-hybridized carbons (Fsp3) is 0.474. The van der Waals surface area contributed by atoms with E-state index in [9.17, 15) is 14.4 Å².